The molecule has 0 amide bonds. The van der Waals surface area contributed by atoms with Crippen molar-refractivity contribution in [3.05, 3.63) is 108 Å². The highest BCUT2D eigenvalue weighted by atomic mass is 19.3. The standard InChI is InChI=1S/C30H26F6N4O2/c31-26(32)17-27(33,41-24-13-9-22(39)10-14-24)28(18-1-5-20(37)6-2-18,19-3-7-21(38)8-4-19)29(34,35)30(26,36)42-25-15-11-23(40)12-16-25/h1-16H,17,37-40H2. The summed E-state index contributed by atoms with van der Waals surface area (Å²) in [5, 5.41) is 0. The molecule has 12 heteroatoms. The summed E-state index contributed by atoms with van der Waals surface area (Å²) in [4.78, 5) is 0. The van der Waals surface area contributed by atoms with E-state index in [1.165, 1.54) is 12.1 Å². The van der Waals surface area contributed by atoms with Crippen LogP contribution < -0.4 is 32.4 Å². The van der Waals surface area contributed by atoms with Gasteiger partial charge in [0, 0.05) is 22.7 Å². The molecule has 8 N–H and O–H groups in total. The first-order valence-electron chi connectivity index (χ1n) is 12.6. The number of halogens is 6. The van der Waals surface area contributed by atoms with Crippen molar-refractivity contribution in [1.29, 1.82) is 0 Å². The van der Waals surface area contributed by atoms with Gasteiger partial charge in [0.05, 0.1) is 6.42 Å². The van der Waals surface area contributed by atoms with Crippen molar-refractivity contribution >= 4 is 22.7 Å². The monoisotopic (exact) mass is 588 g/mol. The average Bonchev–Trinajstić information content (AvgIpc) is 2.92. The average molecular weight is 589 g/mol. The van der Waals surface area contributed by atoms with E-state index in [4.69, 9.17) is 32.4 Å². The third-order valence-corrected chi connectivity index (χ3v) is 7.34. The second-order valence-electron chi connectivity index (χ2n) is 10.1. The lowest BCUT2D eigenvalue weighted by Gasteiger charge is -2.58. The number of benzene rings is 4. The largest absolute Gasteiger partial charge is 0.456 e. The van der Waals surface area contributed by atoms with Crippen molar-refractivity contribution in [3.63, 3.8) is 0 Å². The molecule has 2 unspecified atom stereocenters. The maximum Gasteiger partial charge on any atom is 0.376 e. The summed E-state index contributed by atoms with van der Waals surface area (Å²) in [6.45, 7) is 0. The summed E-state index contributed by atoms with van der Waals surface area (Å²) in [6, 6.07) is 17.5. The Balaban J connectivity index is 1.86. The van der Waals surface area contributed by atoms with Crippen LogP contribution in [0.5, 0.6) is 11.5 Å². The summed E-state index contributed by atoms with van der Waals surface area (Å²) in [7, 11) is 0. The molecule has 1 fully saturated rings. The van der Waals surface area contributed by atoms with Gasteiger partial charge in [-0.25, -0.2) is 0 Å². The van der Waals surface area contributed by atoms with E-state index in [2.05, 4.69) is 0 Å². The molecular weight excluding hydrogens is 562 g/mol. The lowest BCUT2D eigenvalue weighted by atomic mass is 9.57. The lowest BCUT2D eigenvalue weighted by Crippen LogP contribution is -2.80. The van der Waals surface area contributed by atoms with Crippen LogP contribution in [-0.2, 0) is 5.41 Å². The Kier molecular flexibility index (Phi) is 6.63. The summed E-state index contributed by atoms with van der Waals surface area (Å²) in [5.74, 6) is -20.8. The molecule has 6 nitrogen and oxygen atoms in total. The highest BCUT2D eigenvalue weighted by molar-refractivity contribution is 5.55. The Morgan fingerprint density at radius 3 is 1.19 bits per heavy atom. The number of hydrogen-bond donors (Lipinski definition) is 4. The van der Waals surface area contributed by atoms with E-state index in [0.717, 1.165) is 84.9 Å². The molecule has 4 aromatic carbocycles. The van der Waals surface area contributed by atoms with Crippen molar-refractivity contribution in [2.45, 2.75) is 35.4 Å². The van der Waals surface area contributed by atoms with Gasteiger partial charge in [0.25, 0.3) is 5.85 Å². The van der Waals surface area contributed by atoms with Crippen LogP contribution in [0.1, 0.15) is 17.5 Å². The fourth-order valence-electron chi connectivity index (χ4n) is 5.34. The number of anilines is 4. The molecule has 42 heavy (non-hydrogen) atoms. The number of ether oxygens (including phenoxy) is 2. The number of alkyl halides is 6. The van der Waals surface area contributed by atoms with Gasteiger partial charge < -0.3 is 32.4 Å². The van der Waals surface area contributed by atoms with Crippen LogP contribution in [0.4, 0.5) is 49.1 Å². The fraction of sp³-hybridized carbons (Fsp3) is 0.200. The van der Waals surface area contributed by atoms with Crippen LogP contribution in [-0.4, -0.2) is 23.6 Å². The Morgan fingerprint density at radius 2 is 0.810 bits per heavy atom. The predicted molar refractivity (Wildman–Crippen MR) is 148 cm³/mol. The quantitative estimate of drug-likeness (QED) is 0.151. The number of nitrogen functional groups attached to an aromatic ring is 4. The summed E-state index contributed by atoms with van der Waals surface area (Å²) >= 11 is 0. The molecule has 5 rings (SSSR count). The van der Waals surface area contributed by atoms with Gasteiger partial charge in [-0.3, -0.25) is 0 Å². The van der Waals surface area contributed by atoms with Gasteiger partial charge >= 0.3 is 17.7 Å². The Labute approximate surface area is 236 Å². The Hall–Kier alpha value is -4.74. The maximum atomic E-state index is 17.7. The lowest BCUT2D eigenvalue weighted by molar-refractivity contribution is -0.409. The predicted octanol–water partition coefficient (Wildman–Crippen LogP) is 6.47. The third kappa shape index (κ3) is 4.20. The highest BCUT2D eigenvalue weighted by Gasteiger charge is 2.90. The Bertz CT molecular complexity index is 1520. The molecule has 0 aliphatic heterocycles. The first-order chi connectivity index (χ1) is 19.6. The molecule has 0 saturated heterocycles. The molecule has 1 aliphatic rings. The number of rotatable bonds is 6. The van der Waals surface area contributed by atoms with E-state index >= 15 is 26.3 Å². The van der Waals surface area contributed by atoms with Crippen molar-refractivity contribution in [3.8, 4) is 11.5 Å². The number of nitrogens with two attached hydrogens (primary N) is 4. The fourth-order valence-corrected chi connectivity index (χ4v) is 5.34. The van der Waals surface area contributed by atoms with Crippen LogP contribution in [0.15, 0.2) is 97.1 Å². The van der Waals surface area contributed by atoms with Gasteiger partial charge in [-0.2, -0.15) is 26.3 Å². The molecule has 1 saturated carbocycles. The van der Waals surface area contributed by atoms with Gasteiger partial charge in [0.15, 0.2) is 5.41 Å². The van der Waals surface area contributed by atoms with E-state index in [-0.39, 0.29) is 22.7 Å². The first-order valence-corrected chi connectivity index (χ1v) is 12.6. The van der Waals surface area contributed by atoms with Gasteiger partial charge in [-0.15, -0.1) is 0 Å². The zero-order valence-electron chi connectivity index (χ0n) is 21.8. The SMILES string of the molecule is Nc1ccc(OC2(F)CC(F)(F)C(F)(Oc3ccc(N)cc3)C(F)(F)C2(c2ccc(N)cc2)c2ccc(N)cc2)cc1. The van der Waals surface area contributed by atoms with Crippen LogP contribution in [0.3, 0.4) is 0 Å². The van der Waals surface area contributed by atoms with E-state index in [1.54, 1.807) is 0 Å². The van der Waals surface area contributed by atoms with E-state index in [0.29, 0.717) is 0 Å². The molecule has 4 aromatic rings. The van der Waals surface area contributed by atoms with E-state index in [9.17, 15) is 0 Å². The first kappa shape index (κ1) is 28.8. The molecule has 0 bridgehead atoms. The third-order valence-electron chi connectivity index (χ3n) is 7.34. The summed E-state index contributed by atoms with van der Waals surface area (Å²) < 4.78 is 111. The highest BCUT2D eigenvalue weighted by Crippen LogP contribution is 2.68. The van der Waals surface area contributed by atoms with Crippen LogP contribution in [0.25, 0.3) is 0 Å². The molecule has 0 aromatic heterocycles. The topological polar surface area (TPSA) is 123 Å². The minimum absolute atomic E-state index is 0.0872. The summed E-state index contributed by atoms with van der Waals surface area (Å²) in [6.07, 6.45) is -2.19. The van der Waals surface area contributed by atoms with Gasteiger partial charge in [0.1, 0.15) is 11.5 Å². The zero-order chi connectivity index (χ0) is 30.6. The second kappa shape index (κ2) is 9.68. The molecule has 220 valence electrons. The zero-order valence-corrected chi connectivity index (χ0v) is 21.8. The normalized spacial score (nSPS) is 24.0. The smallest absolute Gasteiger partial charge is 0.376 e. The molecular formula is C30H26F6N4O2. The van der Waals surface area contributed by atoms with Gasteiger partial charge in [-0.05, 0) is 83.9 Å². The van der Waals surface area contributed by atoms with Crippen molar-refractivity contribution in [1.82, 2.24) is 0 Å². The second-order valence-corrected chi connectivity index (χ2v) is 10.1. The van der Waals surface area contributed by atoms with Crippen molar-refractivity contribution in [2.24, 2.45) is 0 Å². The van der Waals surface area contributed by atoms with Gasteiger partial charge in [0.2, 0.25) is 0 Å². The minimum atomic E-state index is -5.39. The minimum Gasteiger partial charge on any atom is -0.456 e. The van der Waals surface area contributed by atoms with Gasteiger partial charge in [-0.1, -0.05) is 24.3 Å². The van der Waals surface area contributed by atoms with Crippen molar-refractivity contribution < 1.29 is 35.8 Å². The summed E-state index contributed by atoms with van der Waals surface area (Å²) in [5.41, 5.74) is 18.5. The molecule has 1 aliphatic carbocycles. The maximum absolute atomic E-state index is 17.7. The molecule has 0 heterocycles. The number of hydrogen-bond acceptors (Lipinski definition) is 6. The molecule has 2 atom stereocenters. The van der Waals surface area contributed by atoms with Crippen LogP contribution >= 0.6 is 0 Å². The Morgan fingerprint density at radius 1 is 0.476 bits per heavy atom. The van der Waals surface area contributed by atoms with Crippen molar-refractivity contribution in [2.75, 3.05) is 22.9 Å². The van der Waals surface area contributed by atoms with Crippen LogP contribution in [0, 0.1) is 0 Å². The molecule has 0 radical (unpaired) electrons. The van der Waals surface area contributed by atoms with E-state index in [1.807, 2.05) is 0 Å². The van der Waals surface area contributed by atoms with E-state index < -0.39 is 58.0 Å². The molecule has 0 spiro atoms. The van der Waals surface area contributed by atoms with Crippen LogP contribution in [0.2, 0.25) is 0 Å².